The fraction of sp³-hybridized carbons (Fsp3) is 0.333. The first-order valence-electron chi connectivity index (χ1n) is 19.1. The lowest BCUT2D eigenvalue weighted by Gasteiger charge is -2.45. The maximum Gasteiger partial charge on any atom is 0.311 e. The molecule has 1 aliphatic carbocycles. The summed E-state index contributed by atoms with van der Waals surface area (Å²) in [6.07, 6.45) is 9.23. The molecule has 0 bridgehead atoms. The molecule has 1 N–H and O–H groups in total. The van der Waals surface area contributed by atoms with Crippen molar-refractivity contribution >= 4 is 39.3 Å². The van der Waals surface area contributed by atoms with Crippen molar-refractivity contribution in [3.63, 3.8) is 0 Å². The highest BCUT2D eigenvalue weighted by Crippen LogP contribution is 2.44. The van der Waals surface area contributed by atoms with Crippen molar-refractivity contribution in [3.8, 4) is 28.5 Å². The van der Waals surface area contributed by atoms with E-state index in [-0.39, 0.29) is 17.9 Å². The van der Waals surface area contributed by atoms with Crippen LogP contribution in [-0.4, -0.2) is 59.0 Å². The van der Waals surface area contributed by atoms with Crippen LogP contribution in [0, 0.1) is 31.1 Å². The lowest BCUT2D eigenvalue weighted by atomic mass is 9.81. The summed E-state index contributed by atoms with van der Waals surface area (Å²) in [7, 11) is 1.45. The number of benzene rings is 3. The zero-order chi connectivity index (χ0) is 36.9. The number of esters is 1. The molecule has 0 radical (unpaired) electrons. The van der Waals surface area contributed by atoms with Crippen LogP contribution in [0.1, 0.15) is 65.1 Å². The standard InChI is InChI=1S/C45H44N6O3/c1-27-33(34-10-7-13-39(28(34)2)49-44-42-30(15-16-47-44)19-29(23-48-42)24-50-17-4-5-18-50)9-6-11-35(27)41-21-31-20-37-36(38(22-46)43(31)54-41)12-8-14-40(37)51-25-32(26-51)45(52)53-3/h6-7,9-11,13,15-16,19-21,23,32,40H,4-5,8,12,14,17-18,24-26H2,1-3H3,(H,47,49). The molecule has 54 heavy (non-hydrogen) atoms. The Balaban J connectivity index is 1.02. The third-order valence-corrected chi connectivity index (χ3v) is 11.9. The van der Waals surface area contributed by atoms with E-state index in [0.717, 1.165) is 106 Å². The second kappa shape index (κ2) is 14.0. The highest BCUT2D eigenvalue weighted by atomic mass is 16.5. The molecule has 1 atom stereocenters. The van der Waals surface area contributed by atoms with Crippen LogP contribution in [0.3, 0.4) is 0 Å². The van der Waals surface area contributed by atoms with Gasteiger partial charge in [-0.2, -0.15) is 5.26 Å². The van der Waals surface area contributed by atoms with Crippen molar-refractivity contribution in [1.29, 1.82) is 5.26 Å². The van der Waals surface area contributed by atoms with Crippen LogP contribution in [0.25, 0.3) is 44.3 Å². The van der Waals surface area contributed by atoms with Gasteiger partial charge in [-0.15, -0.1) is 0 Å². The fourth-order valence-corrected chi connectivity index (χ4v) is 9.02. The summed E-state index contributed by atoms with van der Waals surface area (Å²) >= 11 is 0. The average molecular weight is 717 g/mol. The minimum atomic E-state index is -0.147. The van der Waals surface area contributed by atoms with E-state index in [1.807, 2.05) is 18.5 Å². The first-order chi connectivity index (χ1) is 26.4. The fourth-order valence-electron chi connectivity index (χ4n) is 9.02. The van der Waals surface area contributed by atoms with Crippen LogP contribution in [0.4, 0.5) is 11.5 Å². The van der Waals surface area contributed by atoms with E-state index in [1.165, 1.54) is 31.1 Å². The summed E-state index contributed by atoms with van der Waals surface area (Å²) in [5.41, 5.74) is 12.0. The van der Waals surface area contributed by atoms with Crippen molar-refractivity contribution < 1.29 is 13.9 Å². The van der Waals surface area contributed by atoms with Gasteiger partial charge >= 0.3 is 5.97 Å². The summed E-state index contributed by atoms with van der Waals surface area (Å²) < 4.78 is 11.6. The largest absolute Gasteiger partial charge is 0.469 e. The normalized spacial score (nSPS) is 17.7. The van der Waals surface area contributed by atoms with Gasteiger partial charge in [-0.05, 0) is 128 Å². The number of pyridine rings is 2. The zero-order valence-electron chi connectivity index (χ0n) is 31.1. The Morgan fingerprint density at radius 1 is 0.963 bits per heavy atom. The quantitative estimate of drug-likeness (QED) is 0.154. The topological polar surface area (TPSA) is 108 Å². The lowest BCUT2D eigenvalue weighted by molar-refractivity contribution is -0.152. The Hall–Kier alpha value is -5.56. The first-order valence-corrected chi connectivity index (χ1v) is 19.1. The average Bonchev–Trinajstić information content (AvgIpc) is 3.84. The predicted octanol–water partition coefficient (Wildman–Crippen LogP) is 9.02. The van der Waals surface area contributed by atoms with Gasteiger partial charge in [0.25, 0.3) is 0 Å². The SMILES string of the molecule is COC(=O)C1CN(C2CCCc3c2cc2cc(-c4cccc(-c5cccc(Nc6nccc7cc(CN8CCCC8)cnc67)c5C)c4C)oc2c3C#N)C1. The molecule has 0 amide bonds. The van der Waals surface area contributed by atoms with E-state index in [4.69, 9.17) is 19.1 Å². The molecule has 9 heteroatoms. The van der Waals surface area contributed by atoms with Gasteiger partial charge in [0.1, 0.15) is 17.3 Å². The molecule has 3 aromatic heterocycles. The minimum Gasteiger partial charge on any atom is -0.469 e. The number of aromatic nitrogens is 2. The van der Waals surface area contributed by atoms with Crippen molar-refractivity contribution in [1.82, 2.24) is 19.8 Å². The van der Waals surface area contributed by atoms with E-state index in [0.29, 0.717) is 24.2 Å². The molecule has 0 spiro atoms. The number of rotatable bonds is 8. The highest BCUT2D eigenvalue weighted by Gasteiger charge is 2.40. The van der Waals surface area contributed by atoms with Gasteiger partial charge in [-0.25, -0.2) is 4.98 Å². The number of nitriles is 1. The Kier molecular flexibility index (Phi) is 8.88. The van der Waals surface area contributed by atoms with Gasteiger partial charge in [-0.3, -0.25) is 19.6 Å². The molecule has 2 fully saturated rings. The second-order valence-electron chi connectivity index (χ2n) is 15.2. The van der Waals surface area contributed by atoms with Crippen molar-refractivity contribution in [2.45, 2.75) is 58.5 Å². The summed E-state index contributed by atoms with van der Waals surface area (Å²) in [5, 5.41) is 16.1. The number of furan rings is 1. The summed E-state index contributed by atoms with van der Waals surface area (Å²) in [6, 6.07) is 23.9. The van der Waals surface area contributed by atoms with Crippen molar-refractivity contribution in [3.05, 3.63) is 106 Å². The van der Waals surface area contributed by atoms with E-state index < -0.39 is 0 Å². The maximum absolute atomic E-state index is 12.1. The molecule has 272 valence electrons. The smallest absolute Gasteiger partial charge is 0.311 e. The molecule has 9 nitrogen and oxygen atoms in total. The van der Waals surface area contributed by atoms with E-state index in [9.17, 15) is 10.1 Å². The summed E-state index contributed by atoms with van der Waals surface area (Å²) in [5.74, 6) is 1.26. The van der Waals surface area contributed by atoms with E-state index in [2.05, 4.69) is 89.6 Å². The monoisotopic (exact) mass is 716 g/mol. The van der Waals surface area contributed by atoms with Crippen LogP contribution in [0.5, 0.6) is 0 Å². The number of methoxy groups -OCH3 is 1. The molecular weight excluding hydrogens is 673 g/mol. The lowest BCUT2D eigenvalue weighted by Crippen LogP contribution is -2.52. The third kappa shape index (κ3) is 6.00. The number of carbonyl (C=O) groups excluding carboxylic acids is 1. The van der Waals surface area contributed by atoms with Gasteiger partial charge < -0.3 is 14.5 Å². The first kappa shape index (κ1) is 34.2. The Morgan fingerprint density at radius 3 is 2.54 bits per heavy atom. The van der Waals surface area contributed by atoms with Crippen LogP contribution in [-0.2, 0) is 22.5 Å². The van der Waals surface area contributed by atoms with Crippen LogP contribution in [0.15, 0.2) is 77.5 Å². The molecule has 2 saturated heterocycles. The van der Waals surface area contributed by atoms with Gasteiger partial charge in [0.05, 0.1) is 18.6 Å². The zero-order valence-corrected chi connectivity index (χ0v) is 31.1. The van der Waals surface area contributed by atoms with Crippen LogP contribution in [0.2, 0.25) is 0 Å². The number of nitrogens with one attached hydrogen (secondary N) is 1. The number of fused-ring (bicyclic) bond motifs is 3. The molecule has 0 saturated carbocycles. The molecule has 3 aromatic carbocycles. The van der Waals surface area contributed by atoms with E-state index in [1.54, 1.807) is 0 Å². The molecule has 9 rings (SSSR count). The molecule has 3 aliphatic rings. The number of hydrogen-bond acceptors (Lipinski definition) is 9. The minimum absolute atomic E-state index is 0.0831. The molecule has 5 heterocycles. The number of nitrogens with zero attached hydrogens (tertiary/aromatic N) is 5. The number of anilines is 2. The van der Waals surface area contributed by atoms with Gasteiger partial charge in [0.15, 0.2) is 11.4 Å². The number of hydrogen-bond donors (Lipinski definition) is 1. The Morgan fingerprint density at radius 2 is 1.74 bits per heavy atom. The predicted molar refractivity (Wildman–Crippen MR) is 211 cm³/mol. The van der Waals surface area contributed by atoms with E-state index >= 15 is 0 Å². The second-order valence-corrected chi connectivity index (χ2v) is 15.2. The van der Waals surface area contributed by atoms with Crippen molar-refractivity contribution in [2.75, 3.05) is 38.6 Å². The van der Waals surface area contributed by atoms with Crippen molar-refractivity contribution in [2.24, 2.45) is 5.92 Å². The molecular formula is C45H44N6O3. The Bertz CT molecular complexity index is 2470. The summed E-state index contributed by atoms with van der Waals surface area (Å²) in [4.78, 5) is 26.5. The number of carbonyl (C=O) groups is 1. The Labute approximate surface area is 315 Å². The maximum atomic E-state index is 12.1. The molecule has 2 aliphatic heterocycles. The summed E-state index contributed by atoms with van der Waals surface area (Å²) in [6.45, 7) is 8.90. The van der Waals surface area contributed by atoms with Crippen LogP contribution < -0.4 is 5.32 Å². The third-order valence-electron chi connectivity index (χ3n) is 11.9. The van der Waals surface area contributed by atoms with Gasteiger partial charge in [0, 0.05) is 60.1 Å². The van der Waals surface area contributed by atoms with Gasteiger partial charge in [0.2, 0.25) is 0 Å². The number of ether oxygens (including phenoxy) is 1. The molecule has 6 aromatic rings. The van der Waals surface area contributed by atoms with Gasteiger partial charge in [-0.1, -0.05) is 30.3 Å². The number of likely N-dealkylation sites (tertiary alicyclic amines) is 2. The molecule has 1 unspecified atom stereocenters. The highest BCUT2D eigenvalue weighted by molar-refractivity contribution is 5.93. The van der Waals surface area contributed by atoms with Crippen LogP contribution >= 0.6 is 0 Å².